The van der Waals surface area contributed by atoms with Gasteiger partial charge in [-0.05, 0) is 41.4 Å². The smallest absolute Gasteiger partial charge is 0.150 e. The van der Waals surface area contributed by atoms with E-state index in [1.807, 2.05) is 0 Å². The number of halogens is 3. The van der Waals surface area contributed by atoms with Gasteiger partial charge in [0.15, 0.2) is 0 Å². The molecule has 1 heterocycles. The fourth-order valence-corrected chi connectivity index (χ4v) is 1.82. The largest absolute Gasteiger partial charge is 0.330 e. The van der Waals surface area contributed by atoms with Crippen LogP contribution in [0.4, 0.5) is 8.78 Å². The lowest BCUT2D eigenvalue weighted by Crippen LogP contribution is -2.00. The molecule has 0 unspecified atom stereocenters. The molecule has 2 N–H and O–H groups in total. The summed E-state index contributed by atoms with van der Waals surface area (Å²) in [5.74, 6) is -1.12. The van der Waals surface area contributed by atoms with Crippen LogP contribution in [0.15, 0.2) is 22.8 Å². The van der Waals surface area contributed by atoms with Crippen LogP contribution in [-0.2, 0) is 6.42 Å². The molecule has 0 bridgehead atoms. The Bertz CT molecular complexity index is 556. The van der Waals surface area contributed by atoms with Crippen molar-refractivity contribution in [3.63, 3.8) is 0 Å². The molecule has 0 saturated carbocycles. The maximum atomic E-state index is 13.7. The molecule has 2 rings (SSSR count). The first-order chi connectivity index (χ1) is 8.61. The predicted octanol–water partition coefficient (Wildman–Crippen LogP) is 2.20. The predicted molar refractivity (Wildman–Crippen MR) is 66.4 cm³/mol. The third-order valence-corrected chi connectivity index (χ3v) is 3.02. The molecular formula is C11H11BrF2N4. The van der Waals surface area contributed by atoms with E-state index in [0.717, 1.165) is 18.6 Å². The molecule has 96 valence electrons. The molecule has 2 aromatic rings. The van der Waals surface area contributed by atoms with E-state index in [4.69, 9.17) is 5.73 Å². The third kappa shape index (κ3) is 2.73. The van der Waals surface area contributed by atoms with Crippen molar-refractivity contribution < 1.29 is 8.78 Å². The van der Waals surface area contributed by atoms with Crippen molar-refractivity contribution in [2.45, 2.75) is 12.8 Å². The zero-order chi connectivity index (χ0) is 13.1. The Morgan fingerprint density at radius 2 is 2.06 bits per heavy atom. The van der Waals surface area contributed by atoms with Gasteiger partial charge in [-0.3, -0.25) is 0 Å². The average molecular weight is 317 g/mol. The Kier molecular flexibility index (Phi) is 4.03. The number of benzene rings is 1. The molecule has 0 aliphatic rings. The zero-order valence-electron chi connectivity index (χ0n) is 9.41. The number of hydrogen-bond acceptors (Lipinski definition) is 3. The summed E-state index contributed by atoms with van der Waals surface area (Å²) < 4.78 is 28.3. The average Bonchev–Trinajstić information content (AvgIpc) is 2.79. The Morgan fingerprint density at radius 3 is 2.78 bits per heavy atom. The monoisotopic (exact) mass is 316 g/mol. The van der Waals surface area contributed by atoms with E-state index in [1.165, 1.54) is 4.68 Å². The summed E-state index contributed by atoms with van der Waals surface area (Å²) in [4.78, 5) is 0. The number of nitrogens with two attached hydrogens (primary N) is 1. The van der Waals surface area contributed by atoms with Crippen molar-refractivity contribution in [3.8, 4) is 5.69 Å². The van der Waals surface area contributed by atoms with Crippen molar-refractivity contribution >= 4 is 15.9 Å². The van der Waals surface area contributed by atoms with Crippen LogP contribution in [0.2, 0.25) is 0 Å². The highest BCUT2D eigenvalue weighted by Crippen LogP contribution is 2.22. The number of nitrogens with zero attached hydrogens (tertiary/aromatic N) is 3. The van der Waals surface area contributed by atoms with Crippen LogP contribution in [-0.4, -0.2) is 21.5 Å². The zero-order valence-corrected chi connectivity index (χ0v) is 11.0. The molecule has 0 saturated heterocycles. The molecule has 0 aliphatic heterocycles. The van der Waals surface area contributed by atoms with E-state index in [9.17, 15) is 8.78 Å². The molecular weight excluding hydrogens is 306 g/mol. The highest BCUT2D eigenvalue weighted by atomic mass is 79.9. The number of aromatic nitrogens is 3. The maximum Gasteiger partial charge on any atom is 0.150 e. The molecule has 0 spiro atoms. The van der Waals surface area contributed by atoms with Crippen LogP contribution in [0.3, 0.4) is 0 Å². The summed E-state index contributed by atoms with van der Waals surface area (Å²) in [6.45, 7) is 0.550. The van der Waals surface area contributed by atoms with Crippen molar-refractivity contribution in [1.82, 2.24) is 15.0 Å². The molecule has 18 heavy (non-hydrogen) atoms. The van der Waals surface area contributed by atoms with Gasteiger partial charge in [0.1, 0.15) is 17.3 Å². The molecule has 0 amide bonds. The van der Waals surface area contributed by atoms with E-state index in [-0.39, 0.29) is 10.2 Å². The van der Waals surface area contributed by atoms with Crippen molar-refractivity contribution in [2.75, 3.05) is 6.54 Å². The summed E-state index contributed by atoms with van der Waals surface area (Å²) in [7, 11) is 0. The lowest BCUT2D eigenvalue weighted by atomic mass is 10.2. The van der Waals surface area contributed by atoms with Gasteiger partial charge in [-0.15, -0.1) is 5.10 Å². The normalized spacial score (nSPS) is 10.9. The third-order valence-electron chi connectivity index (χ3n) is 2.41. The van der Waals surface area contributed by atoms with Gasteiger partial charge in [0, 0.05) is 6.07 Å². The molecule has 1 aromatic heterocycles. The Balaban J connectivity index is 2.31. The Morgan fingerprint density at radius 1 is 1.28 bits per heavy atom. The van der Waals surface area contributed by atoms with Crippen LogP contribution in [0.1, 0.15) is 12.1 Å². The van der Waals surface area contributed by atoms with Crippen LogP contribution < -0.4 is 5.73 Å². The number of rotatable bonds is 4. The minimum Gasteiger partial charge on any atom is -0.330 e. The van der Waals surface area contributed by atoms with Gasteiger partial charge in [0.05, 0.1) is 16.4 Å². The fourth-order valence-electron chi connectivity index (χ4n) is 1.50. The second-order valence-corrected chi connectivity index (χ2v) is 4.62. The topological polar surface area (TPSA) is 56.7 Å². The fraction of sp³-hybridized carbons (Fsp3) is 0.273. The number of aryl methyl sites for hydroxylation is 1. The summed E-state index contributed by atoms with van der Waals surface area (Å²) in [6.07, 6.45) is 3.01. The first kappa shape index (κ1) is 13.1. The molecule has 0 atom stereocenters. The highest BCUT2D eigenvalue weighted by molar-refractivity contribution is 9.10. The molecule has 1 aromatic carbocycles. The van der Waals surface area contributed by atoms with Crippen LogP contribution in [0.25, 0.3) is 5.69 Å². The highest BCUT2D eigenvalue weighted by Gasteiger charge is 2.11. The lowest BCUT2D eigenvalue weighted by molar-refractivity contribution is 0.579. The second kappa shape index (κ2) is 5.53. The Labute approximate surface area is 111 Å². The first-order valence-corrected chi connectivity index (χ1v) is 6.17. The first-order valence-electron chi connectivity index (χ1n) is 5.38. The minimum atomic E-state index is -0.571. The van der Waals surface area contributed by atoms with E-state index in [2.05, 4.69) is 26.2 Å². The van der Waals surface area contributed by atoms with Gasteiger partial charge in [-0.25, -0.2) is 13.5 Å². The quantitative estimate of drug-likeness (QED) is 0.880. The van der Waals surface area contributed by atoms with Gasteiger partial charge < -0.3 is 5.73 Å². The van der Waals surface area contributed by atoms with Crippen molar-refractivity contribution in [3.05, 3.63) is 40.1 Å². The van der Waals surface area contributed by atoms with E-state index < -0.39 is 11.6 Å². The van der Waals surface area contributed by atoms with Crippen LogP contribution in [0.5, 0.6) is 0 Å². The molecule has 0 fully saturated rings. The van der Waals surface area contributed by atoms with Crippen molar-refractivity contribution in [1.29, 1.82) is 0 Å². The molecule has 4 nitrogen and oxygen atoms in total. The van der Waals surface area contributed by atoms with Gasteiger partial charge in [-0.2, -0.15) is 0 Å². The van der Waals surface area contributed by atoms with Gasteiger partial charge in [0.25, 0.3) is 0 Å². The maximum absolute atomic E-state index is 13.7. The summed E-state index contributed by atoms with van der Waals surface area (Å²) in [6, 6.07) is 2.13. The van der Waals surface area contributed by atoms with E-state index in [1.54, 1.807) is 6.20 Å². The van der Waals surface area contributed by atoms with Crippen molar-refractivity contribution in [2.24, 2.45) is 5.73 Å². The summed E-state index contributed by atoms with van der Waals surface area (Å²) in [5, 5.41) is 7.65. The van der Waals surface area contributed by atoms with Gasteiger partial charge >= 0.3 is 0 Å². The summed E-state index contributed by atoms with van der Waals surface area (Å²) in [5.41, 5.74) is 6.11. The second-order valence-electron chi connectivity index (χ2n) is 3.76. The molecule has 0 aliphatic carbocycles. The van der Waals surface area contributed by atoms with Gasteiger partial charge in [-0.1, -0.05) is 5.21 Å². The Hall–Kier alpha value is -1.34. The number of hydrogen-bond donors (Lipinski definition) is 1. The van der Waals surface area contributed by atoms with Crippen LogP contribution in [0, 0.1) is 11.6 Å². The molecule has 7 heteroatoms. The van der Waals surface area contributed by atoms with E-state index in [0.29, 0.717) is 18.7 Å². The summed E-state index contributed by atoms with van der Waals surface area (Å²) >= 11 is 2.92. The minimum absolute atomic E-state index is 0.0298. The van der Waals surface area contributed by atoms with E-state index >= 15 is 0 Å². The van der Waals surface area contributed by atoms with Crippen LogP contribution >= 0.6 is 15.9 Å². The molecule has 0 radical (unpaired) electrons. The lowest BCUT2D eigenvalue weighted by Gasteiger charge is -2.03. The SMILES string of the molecule is NCCCc1cn(-c2cc(F)c(Br)cc2F)nn1. The standard InChI is InChI=1S/C11H11BrF2N4/c12-8-4-10(14)11(5-9(8)13)18-6-7(16-17-18)2-1-3-15/h4-6H,1-3,15H2. The van der Waals surface area contributed by atoms with Gasteiger partial charge in [0.2, 0.25) is 0 Å².